The van der Waals surface area contributed by atoms with E-state index in [-0.39, 0.29) is 24.0 Å². The number of halogens is 1. The summed E-state index contributed by atoms with van der Waals surface area (Å²) >= 11 is 0. The van der Waals surface area contributed by atoms with Gasteiger partial charge in [-0.3, -0.25) is 0 Å². The molecule has 1 saturated carbocycles. The van der Waals surface area contributed by atoms with Crippen LogP contribution < -0.4 is 20.7 Å². The van der Waals surface area contributed by atoms with E-state index in [1.165, 1.54) is 12.3 Å². The average Bonchev–Trinajstić information content (AvgIpc) is 2.77. The lowest BCUT2D eigenvalue weighted by Crippen LogP contribution is -2.52. The summed E-state index contributed by atoms with van der Waals surface area (Å²) in [4.78, 5) is 28.5. The van der Waals surface area contributed by atoms with Gasteiger partial charge in [0.25, 0.3) is 0 Å². The van der Waals surface area contributed by atoms with Crippen molar-refractivity contribution < 1.29 is 18.7 Å². The first-order valence-electron chi connectivity index (χ1n) is 10.2. The topological polar surface area (TPSA) is 119 Å². The van der Waals surface area contributed by atoms with Crippen molar-refractivity contribution in [3.8, 4) is 17.1 Å². The van der Waals surface area contributed by atoms with Crippen molar-refractivity contribution in [2.75, 3.05) is 51.0 Å². The number of aromatic nitrogens is 3. The Morgan fingerprint density at radius 1 is 1.32 bits per heavy atom. The lowest BCUT2D eigenvalue weighted by molar-refractivity contribution is 0.0409. The molecule has 0 radical (unpaired) electrons. The summed E-state index contributed by atoms with van der Waals surface area (Å²) in [7, 11) is 3.37. The van der Waals surface area contributed by atoms with E-state index in [1.54, 1.807) is 25.1 Å². The van der Waals surface area contributed by atoms with Gasteiger partial charge >= 0.3 is 6.03 Å². The number of anilines is 2. The summed E-state index contributed by atoms with van der Waals surface area (Å²) < 4.78 is 25.5. The Balaban J connectivity index is 1.55. The third kappa shape index (κ3) is 4.61. The molecule has 4 rings (SSSR count). The third-order valence-electron chi connectivity index (χ3n) is 5.59. The number of hydrogen-bond donors (Lipinski definition) is 2. The molecule has 1 aliphatic carbocycles. The van der Waals surface area contributed by atoms with Gasteiger partial charge in [-0.2, -0.15) is 4.98 Å². The Morgan fingerprint density at radius 3 is 2.74 bits per heavy atom. The summed E-state index contributed by atoms with van der Waals surface area (Å²) in [6, 6.07) is 2.96. The fraction of sp³-hybridized carbons (Fsp3) is 0.500. The van der Waals surface area contributed by atoms with Crippen LogP contribution in [0.2, 0.25) is 0 Å². The van der Waals surface area contributed by atoms with E-state index in [0.717, 1.165) is 0 Å². The molecule has 1 aliphatic heterocycles. The summed E-state index contributed by atoms with van der Waals surface area (Å²) in [6.45, 7) is 2.47. The summed E-state index contributed by atoms with van der Waals surface area (Å²) in [5.41, 5.74) is 6.49. The zero-order valence-electron chi connectivity index (χ0n) is 17.5. The van der Waals surface area contributed by atoms with Crippen LogP contribution in [0.15, 0.2) is 18.3 Å². The Bertz CT molecular complexity index is 948. The van der Waals surface area contributed by atoms with E-state index in [1.807, 2.05) is 4.90 Å². The van der Waals surface area contributed by atoms with Gasteiger partial charge in [0.1, 0.15) is 6.10 Å². The second-order valence-corrected chi connectivity index (χ2v) is 7.61. The van der Waals surface area contributed by atoms with Crippen LogP contribution in [-0.2, 0) is 4.74 Å². The Labute approximate surface area is 179 Å². The first-order chi connectivity index (χ1) is 14.9. The zero-order valence-corrected chi connectivity index (χ0v) is 17.5. The molecule has 2 aliphatic rings. The Morgan fingerprint density at radius 2 is 2.06 bits per heavy atom. The quantitative estimate of drug-likeness (QED) is 0.727. The zero-order chi connectivity index (χ0) is 22.0. The molecule has 0 aromatic carbocycles. The number of carbonyl (C=O) groups is 1. The number of nitrogens with zero attached hydrogens (tertiary/aromatic N) is 5. The number of hydrogen-bond acceptors (Lipinski definition) is 8. The Kier molecular flexibility index (Phi) is 6.03. The molecular weight excluding hydrogens is 405 g/mol. The molecule has 2 amide bonds. The molecule has 0 unspecified atom stereocenters. The number of morpholine rings is 1. The van der Waals surface area contributed by atoms with Crippen molar-refractivity contribution in [2.24, 2.45) is 0 Å². The summed E-state index contributed by atoms with van der Waals surface area (Å²) in [5, 5.41) is 2.62. The molecule has 0 bridgehead atoms. The van der Waals surface area contributed by atoms with Gasteiger partial charge in [-0.05, 0) is 6.07 Å². The molecule has 10 nitrogen and oxygen atoms in total. The number of nitrogen functional groups attached to an aromatic ring is 1. The molecule has 31 heavy (non-hydrogen) atoms. The second kappa shape index (κ2) is 8.88. The largest absolute Gasteiger partial charge is 0.474 e. The average molecular weight is 431 g/mol. The number of carbonyl (C=O) groups excluding carboxylic acids is 1. The van der Waals surface area contributed by atoms with Crippen molar-refractivity contribution in [3.05, 3.63) is 24.1 Å². The molecule has 2 aromatic rings. The van der Waals surface area contributed by atoms with E-state index in [2.05, 4.69) is 20.3 Å². The van der Waals surface area contributed by atoms with E-state index in [9.17, 15) is 9.18 Å². The predicted molar refractivity (Wildman–Crippen MR) is 112 cm³/mol. The highest BCUT2D eigenvalue weighted by molar-refractivity contribution is 5.74. The summed E-state index contributed by atoms with van der Waals surface area (Å²) in [6.07, 6.45) is 2.81. The molecular formula is C20H26FN7O3. The molecule has 11 heteroatoms. The monoisotopic (exact) mass is 431 g/mol. The van der Waals surface area contributed by atoms with E-state index in [0.29, 0.717) is 62.2 Å². The van der Waals surface area contributed by atoms with Crippen LogP contribution in [0, 0.1) is 5.82 Å². The van der Waals surface area contributed by atoms with Crippen molar-refractivity contribution >= 4 is 17.8 Å². The van der Waals surface area contributed by atoms with Gasteiger partial charge in [-0.25, -0.2) is 19.2 Å². The minimum absolute atomic E-state index is 0.0707. The van der Waals surface area contributed by atoms with Crippen LogP contribution in [0.1, 0.15) is 12.8 Å². The number of nitrogens with two attached hydrogens (primary N) is 1. The molecule has 166 valence electrons. The first-order valence-corrected chi connectivity index (χ1v) is 10.2. The fourth-order valence-corrected chi connectivity index (χ4v) is 3.58. The van der Waals surface area contributed by atoms with Gasteiger partial charge in [0.2, 0.25) is 11.8 Å². The van der Waals surface area contributed by atoms with Crippen LogP contribution in [0.4, 0.5) is 21.0 Å². The van der Waals surface area contributed by atoms with Crippen LogP contribution >= 0.6 is 0 Å². The predicted octanol–water partition coefficient (Wildman–Crippen LogP) is 1.28. The second-order valence-electron chi connectivity index (χ2n) is 7.61. The van der Waals surface area contributed by atoms with Crippen molar-refractivity contribution in [1.29, 1.82) is 0 Å². The van der Waals surface area contributed by atoms with Crippen LogP contribution in [0.3, 0.4) is 0 Å². The number of urea groups is 1. The van der Waals surface area contributed by atoms with Gasteiger partial charge in [0, 0.05) is 63.9 Å². The SMILES string of the molecule is CNC(=O)N(C)[C@H]1C[C@H](Oc2cc(-c3cnc(N)c(F)c3)nc(N3CCOCC3)n2)C1. The number of amides is 2. The molecule has 1 saturated heterocycles. The first kappa shape index (κ1) is 21.0. The Hall–Kier alpha value is -3.21. The lowest BCUT2D eigenvalue weighted by Gasteiger charge is -2.40. The highest BCUT2D eigenvalue weighted by Gasteiger charge is 2.36. The lowest BCUT2D eigenvalue weighted by atomic mass is 9.88. The minimum Gasteiger partial charge on any atom is -0.474 e. The molecule has 2 aromatic heterocycles. The number of pyridine rings is 1. The van der Waals surface area contributed by atoms with Gasteiger partial charge in [-0.15, -0.1) is 0 Å². The van der Waals surface area contributed by atoms with E-state index >= 15 is 0 Å². The van der Waals surface area contributed by atoms with Crippen molar-refractivity contribution in [1.82, 2.24) is 25.2 Å². The highest BCUT2D eigenvalue weighted by Crippen LogP contribution is 2.31. The van der Waals surface area contributed by atoms with Crippen LogP contribution in [0.25, 0.3) is 11.3 Å². The molecule has 0 atom stereocenters. The molecule has 3 N–H and O–H groups in total. The molecule has 0 spiro atoms. The standard InChI is InChI=1S/C20H26FN7O3/c1-23-20(29)27(2)13-8-14(9-13)31-17-10-16(12-7-15(21)18(22)24-11-12)25-19(26-17)28-3-5-30-6-4-28/h7,10-11,13-14H,3-6,8-9H2,1-2H3,(H2,22,24)(H,23,29)/t13-,14-. The van der Waals surface area contributed by atoms with Gasteiger partial charge in [-0.1, -0.05) is 0 Å². The smallest absolute Gasteiger partial charge is 0.317 e. The van der Waals surface area contributed by atoms with Gasteiger partial charge < -0.3 is 30.3 Å². The third-order valence-corrected chi connectivity index (χ3v) is 5.59. The maximum atomic E-state index is 14.0. The fourth-order valence-electron chi connectivity index (χ4n) is 3.58. The van der Waals surface area contributed by atoms with E-state index in [4.69, 9.17) is 15.2 Å². The maximum Gasteiger partial charge on any atom is 0.317 e. The van der Waals surface area contributed by atoms with E-state index < -0.39 is 5.82 Å². The highest BCUT2D eigenvalue weighted by atomic mass is 19.1. The molecule has 2 fully saturated rings. The number of ether oxygens (including phenoxy) is 2. The van der Waals surface area contributed by atoms with Gasteiger partial charge in [0.05, 0.1) is 18.9 Å². The number of rotatable bonds is 5. The van der Waals surface area contributed by atoms with Crippen molar-refractivity contribution in [3.63, 3.8) is 0 Å². The van der Waals surface area contributed by atoms with Crippen LogP contribution in [0.5, 0.6) is 5.88 Å². The minimum atomic E-state index is -0.606. The normalized spacial score (nSPS) is 20.7. The maximum absolute atomic E-state index is 14.0. The van der Waals surface area contributed by atoms with Crippen LogP contribution in [-0.4, -0.2) is 78.4 Å². The van der Waals surface area contributed by atoms with Gasteiger partial charge in [0.15, 0.2) is 11.6 Å². The van der Waals surface area contributed by atoms with Crippen molar-refractivity contribution in [2.45, 2.75) is 25.0 Å². The summed E-state index contributed by atoms with van der Waals surface area (Å²) in [5.74, 6) is 0.121. The molecule has 3 heterocycles. The number of nitrogens with one attached hydrogen (secondary N) is 1.